The summed E-state index contributed by atoms with van der Waals surface area (Å²) in [5, 5.41) is 10.6. The first-order valence-corrected chi connectivity index (χ1v) is 11.1. The molecule has 1 unspecified atom stereocenters. The first-order chi connectivity index (χ1) is 15.6. The second-order valence-electron chi connectivity index (χ2n) is 7.92. The molecule has 4 heterocycles. The van der Waals surface area contributed by atoms with Crippen LogP contribution in [0.2, 0.25) is 0 Å². The van der Waals surface area contributed by atoms with E-state index in [0.29, 0.717) is 17.8 Å². The number of ether oxygens (including phenoxy) is 1. The lowest BCUT2D eigenvalue weighted by molar-refractivity contribution is -0.145. The number of hydrogen-bond donors (Lipinski definition) is 1. The van der Waals surface area contributed by atoms with Crippen molar-refractivity contribution >= 4 is 33.6 Å². The summed E-state index contributed by atoms with van der Waals surface area (Å²) in [7, 11) is 0. The summed E-state index contributed by atoms with van der Waals surface area (Å²) >= 11 is 0. The zero-order chi connectivity index (χ0) is 22.2. The minimum atomic E-state index is -0.358. The number of carbonyl (C=O) groups excluding carboxylic acids is 1. The van der Waals surface area contributed by atoms with Crippen molar-refractivity contribution in [2.75, 3.05) is 12.3 Å². The molecule has 3 aromatic heterocycles. The van der Waals surface area contributed by atoms with Crippen molar-refractivity contribution in [2.45, 2.75) is 52.2 Å². The molecule has 1 fully saturated rings. The quantitative estimate of drug-likeness (QED) is 0.510. The third-order valence-corrected chi connectivity index (χ3v) is 5.90. The molecule has 0 saturated carbocycles. The van der Waals surface area contributed by atoms with E-state index in [9.17, 15) is 4.79 Å². The molecule has 9 nitrogen and oxygen atoms in total. The number of anilines is 1. The average molecular weight is 435 g/mol. The second-order valence-corrected chi connectivity index (χ2v) is 7.92. The van der Waals surface area contributed by atoms with E-state index in [2.05, 4.69) is 15.2 Å². The lowest BCUT2D eigenvalue weighted by atomic mass is 10.1. The maximum absolute atomic E-state index is 11.9. The van der Waals surface area contributed by atoms with Crippen LogP contribution in [-0.2, 0) is 16.0 Å². The van der Waals surface area contributed by atoms with Gasteiger partial charge < -0.3 is 15.3 Å². The summed E-state index contributed by atoms with van der Waals surface area (Å²) in [5.74, 6) is 0.00763. The molecule has 32 heavy (non-hydrogen) atoms. The molecule has 1 saturated heterocycles. The van der Waals surface area contributed by atoms with Crippen molar-refractivity contribution in [3.63, 3.8) is 0 Å². The minimum absolute atomic E-state index is 0.0546. The van der Waals surface area contributed by atoms with E-state index in [4.69, 9.17) is 15.3 Å². The van der Waals surface area contributed by atoms with Gasteiger partial charge in [0.15, 0.2) is 6.23 Å². The maximum Gasteiger partial charge on any atom is 0.334 e. The molecule has 0 amide bonds. The van der Waals surface area contributed by atoms with Gasteiger partial charge >= 0.3 is 5.97 Å². The smallest absolute Gasteiger partial charge is 0.334 e. The Balaban J connectivity index is 1.62. The van der Waals surface area contributed by atoms with E-state index in [0.717, 1.165) is 59.1 Å². The van der Waals surface area contributed by atoms with Crippen LogP contribution >= 0.6 is 0 Å². The molecule has 0 radical (unpaired) electrons. The van der Waals surface area contributed by atoms with Crippen LogP contribution in [-0.4, -0.2) is 37.3 Å². The Hall–Kier alpha value is -3.46. The van der Waals surface area contributed by atoms with Gasteiger partial charge in [-0.15, -0.1) is 5.10 Å². The van der Waals surface area contributed by atoms with Gasteiger partial charge in [-0.3, -0.25) is 0 Å². The van der Waals surface area contributed by atoms with Crippen LogP contribution in [0.5, 0.6) is 0 Å². The molecule has 0 spiro atoms. The summed E-state index contributed by atoms with van der Waals surface area (Å²) in [6, 6.07) is 7.98. The highest BCUT2D eigenvalue weighted by Crippen LogP contribution is 2.34. The van der Waals surface area contributed by atoms with Gasteiger partial charge in [-0.05, 0) is 43.9 Å². The topological polar surface area (TPSA) is 110 Å². The van der Waals surface area contributed by atoms with Gasteiger partial charge in [0.1, 0.15) is 11.3 Å². The van der Waals surface area contributed by atoms with Gasteiger partial charge in [0.05, 0.1) is 22.3 Å². The Bertz CT molecular complexity index is 1300. The Labute approximate surface area is 185 Å². The van der Waals surface area contributed by atoms with Crippen molar-refractivity contribution in [3.05, 3.63) is 36.2 Å². The first-order valence-electron chi connectivity index (χ1n) is 11.1. The molecule has 1 atom stereocenters. The van der Waals surface area contributed by atoms with E-state index in [1.165, 1.54) is 4.85 Å². The summed E-state index contributed by atoms with van der Waals surface area (Å²) < 4.78 is 7.87. The molecular formula is C23H26N6O3. The summed E-state index contributed by atoms with van der Waals surface area (Å²) in [4.78, 5) is 23.2. The molecule has 5 rings (SSSR count). The van der Waals surface area contributed by atoms with E-state index in [1.54, 1.807) is 13.1 Å². The van der Waals surface area contributed by atoms with Crippen LogP contribution < -0.4 is 10.6 Å². The maximum atomic E-state index is 11.9. The van der Waals surface area contributed by atoms with Crippen LogP contribution in [0.15, 0.2) is 30.5 Å². The van der Waals surface area contributed by atoms with Gasteiger partial charge in [-0.1, -0.05) is 24.8 Å². The molecule has 4 aromatic rings. The van der Waals surface area contributed by atoms with Crippen LogP contribution in [0, 0.1) is 0 Å². The van der Waals surface area contributed by atoms with Crippen LogP contribution in [0.1, 0.15) is 51.5 Å². The fourth-order valence-electron chi connectivity index (χ4n) is 4.30. The highest BCUT2D eigenvalue weighted by Gasteiger charge is 2.22. The molecule has 166 valence electrons. The van der Waals surface area contributed by atoms with Crippen molar-refractivity contribution in [1.82, 2.24) is 24.7 Å². The Morgan fingerprint density at radius 2 is 2.16 bits per heavy atom. The number of benzene rings is 1. The molecule has 1 aliphatic heterocycles. The fourth-order valence-corrected chi connectivity index (χ4v) is 4.30. The molecule has 0 bridgehead atoms. The standard InChI is InChI=1S/C23H26N6O3/c1-3-17-21-22(27-29(17)32-20(30)4-2)15-9-8-14(13-16(15)26-23(21)24)18-10-11-25-28(18)19-7-5-6-12-31-19/h8-11,13,19H,3-7,12H2,1-2H3,(H2,24,26). The normalized spacial score (nSPS) is 16.6. The van der Waals surface area contributed by atoms with Gasteiger partial charge in [0.2, 0.25) is 0 Å². The number of pyridine rings is 1. The molecule has 2 N–H and O–H groups in total. The van der Waals surface area contributed by atoms with Crippen LogP contribution in [0.3, 0.4) is 0 Å². The van der Waals surface area contributed by atoms with Gasteiger partial charge in [0, 0.05) is 30.2 Å². The number of aryl methyl sites for hydroxylation is 1. The average Bonchev–Trinajstić information content (AvgIpc) is 3.44. The number of carbonyl (C=O) groups is 1. The fraction of sp³-hybridized carbons (Fsp3) is 0.391. The largest absolute Gasteiger partial charge is 0.383 e. The number of nitrogens with two attached hydrogens (primary N) is 1. The van der Waals surface area contributed by atoms with E-state index >= 15 is 0 Å². The number of hydrogen-bond acceptors (Lipinski definition) is 7. The first kappa shape index (κ1) is 20.4. The SMILES string of the molecule is CCC(=O)On1nc2c(c(N)nc3cc(-c4ccnn4C4CCCCO4)ccc32)c1CC. The zero-order valence-electron chi connectivity index (χ0n) is 18.2. The number of fused-ring (bicyclic) bond motifs is 3. The van der Waals surface area contributed by atoms with E-state index < -0.39 is 0 Å². The molecule has 9 heteroatoms. The van der Waals surface area contributed by atoms with Crippen molar-refractivity contribution in [3.8, 4) is 11.3 Å². The Morgan fingerprint density at radius 1 is 1.28 bits per heavy atom. The van der Waals surface area contributed by atoms with E-state index in [1.807, 2.05) is 35.9 Å². The molecule has 1 aliphatic rings. The number of rotatable bonds is 5. The van der Waals surface area contributed by atoms with E-state index in [-0.39, 0.29) is 18.6 Å². The van der Waals surface area contributed by atoms with Crippen molar-refractivity contribution in [1.29, 1.82) is 0 Å². The monoisotopic (exact) mass is 434 g/mol. The zero-order valence-corrected chi connectivity index (χ0v) is 18.2. The third kappa shape index (κ3) is 3.38. The lowest BCUT2D eigenvalue weighted by Crippen LogP contribution is -2.21. The summed E-state index contributed by atoms with van der Waals surface area (Å²) in [5.41, 5.74) is 10.4. The Kier molecular flexibility index (Phi) is 5.26. The number of nitrogens with zero attached hydrogens (tertiary/aromatic N) is 5. The highest BCUT2D eigenvalue weighted by molar-refractivity contribution is 6.09. The molecule has 0 aliphatic carbocycles. The van der Waals surface area contributed by atoms with Gasteiger partial charge in [-0.2, -0.15) is 5.10 Å². The van der Waals surface area contributed by atoms with Gasteiger partial charge in [-0.25, -0.2) is 14.5 Å². The number of aromatic nitrogens is 5. The third-order valence-electron chi connectivity index (χ3n) is 5.90. The molecule has 1 aromatic carbocycles. The molecular weight excluding hydrogens is 408 g/mol. The summed E-state index contributed by atoms with van der Waals surface area (Å²) in [6.07, 6.45) is 5.76. The second kappa shape index (κ2) is 8.23. The van der Waals surface area contributed by atoms with Crippen molar-refractivity contribution < 1.29 is 14.4 Å². The van der Waals surface area contributed by atoms with Gasteiger partial charge in [0.25, 0.3) is 0 Å². The van der Waals surface area contributed by atoms with Crippen molar-refractivity contribution in [2.24, 2.45) is 0 Å². The summed E-state index contributed by atoms with van der Waals surface area (Å²) in [6.45, 7) is 4.46. The number of nitrogen functional groups attached to an aromatic ring is 1. The predicted molar refractivity (Wildman–Crippen MR) is 121 cm³/mol. The Morgan fingerprint density at radius 3 is 2.91 bits per heavy atom. The van der Waals surface area contributed by atoms with Crippen LogP contribution in [0.4, 0.5) is 5.82 Å². The minimum Gasteiger partial charge on any atom is -0.383 e. The highest BCUT2D eigenvalue weighted by atomic mass is 16.7. The predicted octanol–water partition coefficient (Wildman–Crippen LogP) is 3.66. The lowest BCUT2D eigenvalue weighted by Gasteiger charge is -2.24. The van der Waals surface area contributed by atoms with Crippen LogP contribution in [0.25, 0.3) is 33.1 Å².